The molecule has 0 spiro atoms. The zero-order valence-electron chi connectivity index (χ0n) is 15.5. The molecule has 0 N–H and O–H groups in total. The van der Waals surface area contributed by atoms with Gasteiger partial charge in [0.1, 0.15) is 0 Å². The van der Waals surface area contributed by atoms with Crippen molar-refractivity contribution in [3.8, 4) is 0 Å². The minimum absolute atomic E-state index is 0.894. The molecule has 138 valence electrons. The van der Waals surface area contributed by atoms with Gasteiger partial charge in [0.25, 0.3) is 0 Å². The van der Waals surface area contributed by atoms with Crippen molar-refractivity contribution in [1.29, 1.82) is 0 Å². The monoisotopic (exact) mass is 486 g/mol. The first-order valence-electron chi connectivity index (χ1n) is 9.34. The van der Waals surface area contributed by atoms with Crippen molar-refractivity contribution in [2.75, 3.05) is 0 Å². The van der Waals surface area contributed by atoms with Crippen LogP contribution in [0, 0.1) is 0 Å². The summed E-state index contributed by atoms with van der Waals surface area (Å²) >= 11 is 2.35. The van der Waals surface area contributed by atoms with E-state index in [1.807, 2.05) is 66.7 Å². The highest BCUT2D eigenvalue weighted by Gasteiger charge is 2.32. The van der Waals surface area contributed by atoms with Gasteiger partial charge in [-0.05, 0) is 46.6 Å². The Bertz CT molecular complexity index is 890. The van der Waals surface area contributed by atoms with E-state index in [9.17, 15) is 4.57 Å². The summed E-state index contributed by atoms with van der Waals surface area (Å²) in [7, 11) is -2.91. The molecule has 3 aromatic carbocycles. The molecular formula is C24H24IOP. The van der Waals surface area contributed by atoms with Crippen molar-refractivity contribution in [3.05, 3.63) is 99.9 Å². The van der Waals surface area contributed by atoms with E-state index in [-0.39, 0.29) is 0 Å². The van der Waals surface area contributed by atoms with E-state index in [4.69, 9.17) is 0 Å². The first-order chi connectivity index (χ1) is 13.2. The van der Waals surface area contributed by atoms with E-state index in [0.717, 1.165) is 33.2 Å². The third-order valence-electron chi connectivity index (χ3n) is 4.67. The summed E-state index contributed by atoms with van der Waals surface area (Å²) in [5, 5.41) is 1.79. The summed E-state index contributed by atoms with van der Waals surface area (Å²) in [6.07, 6.45) is 3.13. The van der Waals surface area contributed by atoms with Crippen molar-refractivity contribution in [3.63, 3.8) is 0 Å². The Morgan fingerprint density at radius 1 is 0.778 bits per heavy atom. The van der Waals surface area contributed by atoms with Gasteiger partial charge in [-0.3, -0.25) is 0 Å². The van der Waals surface area contributed by atoms with Crippen LogP contribution in [0.5, 0.6) is 0 Å². The molecular weight excluding hydrogens is 462 g/mol. The number of unbranched alkanes of at least 4 members (excludes halogenated alkanes) is 1. The number of halogens is 1. The zero-order valence-corrected chi connectivity index (χ0v) is 18.6. The molecule has 0 radical (unpaired) electrons. The van der Waals surface area contributed by atoms with Gasteiger partial charge in [0, 0.05) is 10.6 Å². The molecule has 0 saturated heterocycles. The quantitative estimate of drug-likeness (QED) is 0.260. The van der Waals surface area contributed by atoms with Gasteiger partial charge in [0.2, 0.25) is 0 Å². The lowest BCUT2D eigenvalue weighted by Gasteiger charge is -2.23. The van der Waals surface area contributed by atoms with Gasteiger partial charge in [-0.15, -0.1) is 0 Å². The van der Waals surface area contributed by atoms with E-state index in [2.05, 4.69) is 53.8 Å². The van der Waals surface area contributed by atoms with Crippen LogP contribution in [-0.4, -0.2) is 0 Å². The molecule has 3 rings (SSSR count). The van der Waals surface area contributed by atoms with E-state index >= 15 is 0 Å². The second-order valence-electron chi connectivity index (χ2n) is 6.52. The lowest BCUT2D eigenvalue weighted by molar-refractivity contribution is 0.592. The third kappa shape index (κ3) is 4.44. The Balaban J connectivity index is 2.26. The Morgan fingerprint density at radius 3 is 1.67 bits per heavy atom. The third-order valence-corrected chi connectivity index (χ3v) is 10.2. The number of hydrogen-bond acceptors (Lipinski definition) is 1. The summed E-state index contributed by atoms with van der Waals surface area (Å²) in [4.78, 5) is 0. The summed E-state index contributed by atoms with van der Waals surface area (Å²) in [6.45, 7) is 2.20. The molecule has 0 aliphatic heterocycles. The SMILES string of the molecule is CCCC/C(=C(\I)P(=O)(c1ccccc1)c1ccccc1)c1ccccc1. The van der Waals surface area contributed by atoms with Crippen molar-refractivity contribution < 1.29 is 4.57 Å². The van der Waals surface area contributed by atoms with Crippen molar-refractivity contribution >= 4 is 45.9 Å². The predicted molar refractivity (Wildman–Crippen MR) is 127 cm³/mol. The Labute approximate surface area is 176 Å². The predicted octanol–water partition coefficient (Wildman–Crippen LogP) is 6.99. The molecule has 0 saturated carbocycles. The van der Waals surface area contributed by atoms with Gasteiger partial charge in [0.05, 0.1) is 3.32 Å². The van der Waals surface area contributed by atoms with E-state index < -0.39 is 7.14 Å². The highest BCUT2D eigenvalue weighted by atomic mass is 127. The topological polar surface area (TPSA) is 17.1 Å². The zero-order chi connectivity index (χ0) is 19.1. The van der Waals surface area contributed by atoms with Crippen LogP contribution in [0.25, 0.3) is 5.57 Å². The number of rotatable bonds is 7. The molecule has 0 atom stereocenters. The molecule has 0 amide bonds. The average molecular weight is 486 g/mol. The van der Waals surface area contributed by atoms with Gasteiger partial charge >= 0.3 is 0 Å². The maximum absolute atomic E-state index is 14.6. The van der Waals surface area contributed by atoms with Crippen LogP contribution in [0.3, 0.4) is 0 Å². The molecule has 3 heteroatoms. The van der Waals surface area contributed by atoms with Crippen molar-refractivity contribution in [2.24, 2.45) is 0 Å². The highest BCUT2D eigenvalue weighted by molar-refractivity contribution is 14.1. The second-order valence-corrected chi connectivity index (χ2v) is 11.1. The fourth-order valence-electron chi connectivity index (χ4n) is 3.20. The maximum atomic E-state index is 14.6. The smallest absolute Gasteiger partial charge is 0.177 e. The average Bonchev–Trinajstić information content (AvgIpc) is 2.75. The first kappa shape index (κ1) is 20.1. The van der Waals surface area contributed by atoms with Crippen LogP contribution in [0.2, 0.25) is 0 Å². The van der Waals surface area contributed by atoms with Gasteiger partial charge in [0.15, 0.2) is 7.14 Å². The van der Waals surface area contributed by atoms with Gasteiger partial charge < -0.3 is 4.57 Å². The molecule has 1 nitrogen and oxygen atoms in total. The first-order valence-corrected chi connectivity index (χ1v) is 12.1. The van der Waals surface area contributed by atoms with Gasteiger partial charge in [-0.25, -0.2) is 0 Å². The van der Waals surface area contributed by atoms with Crippen LogP contribution in [-0.2, 0) is 4.57 Å². The molecule has 0 aliphatic carbocycles. The summed E-state index contributed by atoms with van der Waals surface area (Å²) < 4.78 is 15.6. The molecule has 0 unspecified atom stereocenters. The van der Waals surface area contributed by atoms with Gasteiger partial charge in [-0.1, -0.05) is 104 Å². The Morgan fingerprint density at radius 2 is 1.22 bits per heavy atom. The molecule has 0 heterocycles. The normalized spacial score (nSPS) is 12.5. The van der Waals surface area contributed by atoms with E-state index in [0.29, 0.717) is 0 Å². The Hall–Kier alpha value is -1.64. The number of allylic oxidation sites excluding steroid dienone is 1. The van der Waals surface area contributed by atoms with Gasteiger partial charge in [-0.2, -0.15) is 0 Å². The highest BCUT2D eigenvalue weighted by Crippen LogP contribution is 2.58. The minimum Gasteiger partial charge on any atom is -0.308 e. The fraction of sp³-hybridized carbons (Fsp3) is 0.167. The lowest BCUT2D eigenvalue weighted by Crippen LogP contribution is -2.16. The summed E-state index contributed by atoms with van der Waals surface area (Å²) in [5.74, 6) is 0. The summed E-state index contributed by atoms with van der Waals surface area (Å²) in [5.41, 5.74) is 2.37. The molecule has 0 aromatic heterocycles. The minimum atomic E-state index is -2.91. The molecule has 0 aliphatic rings. The Kier molecular flexibility index (Phi) is 7.09. The maximum Gasteiger partial charge on any atom is 0.177 e. The van der Waals surface area contributed by atoms with E-state index in [1.165, 1.54) is 11.1 Å². The standard InChI is InChI=1S/C24H24IOP/c1-2-3-19-23(20-13-7-4-8-14-20)24(25)27(26,21-15-9-5-10-16-21)22-17-11-6-12-18-22/h4-18H,2-3,19H2,1H3/b24-23-. The molecule has 3 aromatic rings. The molecule has 27 heavy (non-hydrogen) atoms. The second kappa shape index (κ2) is 9.52. The number of hydrogen-bond donors (Lipinski definition) is 0. The van der Waals surface area contributed by atoms with E-state index in [1.54, 1.807) is 0 Å². The van der Waals surface area contributed by atoms with Crippen LogP contribution in [0.1, 0.15) is 31.7 Å². The summed E-state index contributed by atoms with van der Waals surface area (Å²) in [6, 6.07) is 30.2. The fourth-order valence-corrected chi connectivity index (χ4v) is 8.01. The van der Waals surface area contributed by atoms with Crippen LogP contribution < -0.4 is 10.6 Å². The van der Waals surface area contributed by atoms with Crippen LogP contribution >= 0.6 is 29.7 Å². The van der Waals surface area contributed by atoms with Crippen LogP contribution in [0.15, 0.2) is 94.3 Å². The van der Waals surface area contributed by atoms with Crippen LogP contribution in [0.4, 0.5) is 0 Å². The number of benzene rings is 3. The lowest BCUT2D eigenvalue weighted by atomic mass is 10.0. The molecule has 0 bridgehead atoms. The van der Waals surface area contributed by atoms with Crippen molar-refractivity contribution in [2.45, 2.75) is 26.2 Å². The van der Waals surface area contributed by atoms with Crippen molar-refractivity contribution in [1.82, 2.24) is 0 Å². The molecule has 0 fully saturated rings. The largest absolute Gasteiger partial charge is 0.308 e.